The van der Waals surface area contributed by atoms with Crippen LogP contribution in [-0.4, -0.2) is 34.3 Å². The Bertz CT molecular complexity index is 446. The maximum absolute atomic E-state index is 11.0. The lowest BCUT2D eigenvalue weighted by Gasteiger charge is -2.18. The van der Waals surface area contributed by atoms with E-state index in [1.807, 2.05) is 0 Å². The zero-order valence-electron chi connectivity index (χ0n) is 9.87. The number of nitrogens with two attached hydrogens (primary N) is 1. The minimum absolute atomic E-state index is 0.293. The van der Waals surface area contributed by atoms with Gasteiger partial charge in [0.1, 0.15) is 11.8 Å². The minimum Gasteiger partial charge on any atom is -0.480 e. The second kappa shape index (κ2) is 6.02. The van der Waals surface area contributed by atoms with Gasteiger partial charge in [0.05, 0.1) is 0 Å². The summed E-state index contributed by atoms with van der Waals surface area (Å²) >= 11 is 0. The molecule has 0 aliphatic carbocycles. The molecule has 18 heavy (non-hydrogen) atoms. The number of hydrogen-bond acceptors (Lipinski definition) is 4. The Labute approximate surface area is 104 Å². The fourth-order valence-corrected chi connectivity index (χ4v) is 1.37. The topological polar surface area (TPSA) is 110 Å². The molecule has 6 heteroatoms. The van der Waals surface area contributed by atoms with Crippen LogP contribution >= 0.6 is 0 Å². The summed E-state index contributed by atoms with van der Waals surface area (Å²) in [7, 11) is 0. The van der Waals surface area contributed by atoms with Crippen LogP contribution in [0.25, 0.3) is 0 Å². The van der Waals surface area contributed by atoms with E-state index in [0.717, 1.165) is 5.56 Å². The maximum Gasteiger partial charge on any atom is 0.344 e. The van der Waals surface area contributed by atoms with Gasteiger partial charge < -0.3 is 20.7 Å². The molecule has 98 valence electrons. The summed E-state index contributed by atoms with van der Waals surface area (Å²) in [6.45, 7) is 1.77. The molecule has 2 atom stereocenters. The third-order valence-corrected chi connectivity index (χ3v) is 2.42. The van der Waals surface area contributed by atoms with E-state index < -0.39 is 24.1 Å². The fraction of sp³-hybridized carbons (Fsp3) is 0.333. The fourth-order valence-electron chi connectivity index (χ4n) is 1.37. The molecule has 0 fully saturated rings. The Balaban J connectivity index is 2.78. The highest BCUT2D eigenvalue weighted by Gasteiger charge is 2.26. The van der Waals surface area contributed by atoms with E-state index in [2.05, 4.69) is 0 Å². The van der Waals surface area contributed by atoms with Crippen molar-refractivity contribution in [2.24, 2.45) is 5.73 Å². The molecule has 0 spiro atoms. The second-order valence-corrected chi connectivity index (χ2v) is 3.89. The number of benzene rings is 1. The van der Waals surface area contributed by atoms with Gasteiger partial charge in [0, 0.05) is 6.42 Å². The largest absolute Gasteiger partial charge is 0.480 e. The summed E-state index contributed by atoms with van der Waals surface area (Å²) in [6.07, 6.45) is -1.57. The molecule has 1 aromatic rings. The number of ether oxygens (including phenoxy) is 1. The molecule has 0 bridgehead atoms. The molecular weight excluding hydrogens is 238 g/mol. The van der Waals surface area contributed by atoms with Crippen LogP contribution in [-0.2, 0) is 9.59 Å². The third-order valence-electron chi connectivity index (χ3n) is 2.42. The number of carboxylic acid groups (broad SMARTS) is 2. The molecule has 0 saturated heterocycles. The van der Waals surface area contributed by atoms with Crippen LogP contribution in [0.1, 0.15) is 12.0 Å². The quantitative estimate of drug-likeness (QED) is 0.685. The van der Waals surface area contributed by atoms with E-state index in [-0.39, 0.29) is 6.42 Å². The van der Waals surface area contributed by atoms with Gasteiger partial charge in [-0.1, -0.05) is 18.2 Å². The van der Waals surface area contributed by atoms with Crippen molar-refractivity contribution >= 4 is 11.9 Å². The van der Waals surface area contributed by atoms with Crippen LogP contribution < -0.4 is 10.5 Å². The lowest BCUT2D eigenvalue weighted by atomic mass is 10.1. The van der Waals surface area contributed by atoms with E-state index in [1.165, 1.54) is 0 Å². The molecule has 6 nitrogen and oxygen atoms in total. The SMILES string of the molecule is Cc1ccccc1OC(CC(N)C(=O)O)C(=O)O. The maximum atomic E-state index is 11.0. The van der Waals surface area contributed by atoms with Crippen molar-refractivity contribution in [2.45, 2.75) is 25.5 Å². The van der Waals surface area contributed by atoms with Crippen LogP contribution in [0.3, 0.4) is 0 Å². The lowest BCUT2D eigenvalue weighted by molar-refractivity contribution is -0.146. The zero-order valence-corrected chi connectivity index (χ0v) is 9.87. The van der Waals surface area contributed by atoms with Crippen molar-refractivity contribution in [1.82, 2.24) is 0 Å². The lowest BCUT2D eigenvalue weighted by Crippen LogP contribution is -2.39. The highest BCUT2D eigenvalue weighted by molar-refractivity contribution is 5.77. The number of para-hydroxylation sites is 1. The van der Waals surface area contributed by atoms with Crippen molar-refractivity contribution in [2.75, 3.05) is 0 Å². The summed E-state index contributed by atoms with van der Waals surface area (Å²) in [5.41, 5.74) is 6.07. The molecule has 0 heterocycles. The molecule has 1 aromatic carbocycles. The van der Waals surface area contributed by atoms with Crippen molar-refractivity contribution in [3.8, 4) is 5.75 Å². The second-order valence-electron chi connectivity index (χ2n) is 3.89. The molecular formula is C12H15NO5. The highest BCUT2D eigenvalue weighted by Crippen LogP contribution is 2.19. The van der Waals surface area contributed by atoms with Gasteiger partial charge in [-0.25, -0.2) is 4.79 Å². The van der Waals surface area contributed by atoms with E-state index in [9.17, 15) is 9.59 Å². The first-order chi connectivity index (χ1) is 8.41. The average molecular weight is 253 g/mol. The molecule has 0 aliphatic heterocycles. The first-order valence-electron chi connectivity index (χ1n) is 5.35. The first-order valence-corrected chi connectivity index (χ1v) is 5.35. The van der Waals surface area contributed by atoms with Crippen molar-refractivity contribution in [3.05, 3.63) is 29.8 Å². The Morgan fingerprint density at radius 1 is 1.28 bits per heavy atom. The van der Waals surface area contributed by atoms with Crippen LogP contribution in [0.15, 0.2) is 24.3 Å². The molecule has 0 aliphatic rings. The molecule has 0 aromatic heterocycles. The molecule has 0 saturated carbocycles. The van der Waals surface area contributed by atoms with E-state index in [0.29, 0.717) is 5.75 Å². The number of rotatable bonds is 6. The monoisotopic (exact) mass is 253 g/mol. The third kappa shape index (κ3) is 3.74. The van der Waals surface area contributed by atoms with Crippen LogP contribution in [0, 0.1) is 6.92 Å². The van der Waals surface area contributed by atoms with Crippen LogP contribution in [0.5, 0.6) is 5.75 Å². The summed E-state index contributed by atoms with van der Waals surface area (Å²) < 4.78 is 5.28. The van der Waals surface area contributed by atoms with Crippen molar-refractivity contribution in [1.29, 1.82) is 0 Å². The number of aryl methyl sites for hydroxylation is 1. The summed E-state index contributed by atoms with van der Waals surface area (Å²) in [5, 5.41) is 17.6. The predicted molar refractivity (Wildman–Crippen MR) is 63.5 cm³/mol. The zero-order chi connectivity index (χ0) is 13.7. The van der Waals surface area contributed by atoms with Gasteiger partial charge in [0.15, 0.2) is 6.10 Å². The summed E-state index contributed by atoms with van der Waals surface area (Å²) in [6, 6.07) is 5.62. The van der Waals surface area contributed by atoms with Gasteiger partial charge >= 0.3 is 11.9 Å². The van der Waals surface area contributed by atoms with Crippen molar-refractivity contribution < 1.29 is 24.5 Å². The van der Waals surface area contributed by atoms with Crippen LogP contribution in [0.2, 0.25) is 0 Å². The molecule has 4 N–H and O–H groups in total. The van der Waals surface area contributed by atoms with E-state index in [4.69, 9.17) is 20.7 Å². The van der Waals surface area contributed by atoms with Crippen LogP contribution in [0.4, 0.5) is 0 Å². The number of carboxylic acids is 2. The van der Waals surface area contributed by atoms with E-state index >= 15 is 0 Å². The minimum atomic E-state index is -1.28. The van der Waals surface area contributed by atoms with Crippen molar-refractivity contribution in [3.63, 3.8) is 0 Å². The molecule has 2 unspecified atom stereocenters. The standard InChI is InChI=1S/C12H15NO5/c1-7-4-2-3-5-9(7)18-10(12(16)17)6-8(13)11(14)15/h2-5,8,10H,6,13H2,1H3,(H,14,15)(H,16,17). The van der Waals surface area contributed by atoms with Gasteiger partial charge in [0.25, 0.3) is 0 Å². The average Bonchev–Trinajstić information content (AvgIpc) is 2.30. The Morgan fingerprint density at radius 2 is 1.89 bits per heavy atom. The van der Waals surface area contributed by atoms with Gasteiger partial charge in [0.2, 0.25) is 0 Å². The summed E-state index contributed by atoms with van der Waals surface area (Å²) in [4.78, 5) is 21.6. The van der Waals surface area contributed by atoms with Gasteiger partial charge in [-0.05, 0) is 18.6 Å². The Hall–Kier alpha value is -2.08. The summed E-state index contributed by atoms with van der Waals surface area (Å²) in [5.74, 6) is -2.09. The Morgan fingerprint density at radius 3 is 2.39 bits per heavy atom. The Kier molecular flexibility index (Phi) is 4.67. The first kappa shape index (κ1) is 14.0. The van der Waals surface area contributed by atoms with Gasteiger partial charge in [-0.2, -0.15) is 0 Å². The molecule has 0 radical (unpaired) electrons. The number of carbonyl (C=O) groups is 2. The molecule has 0 amide bonds. The van der Waals surface area contributed by atoms with E-state index in [1.54, 1.807) is 31.2 Å². The molecule has 1 rings (SSSR count). The number of aliphatic carboxylic acids is 2. The van der Waals surface area contributed by atoms with Gasteiger partial charge in [-0.15, -0.1) is 0 Å². The normalized spacial score (nSPS) is 13.7. The predicted octanol–water partition coefficient (Wildman–Crippen LogP) is 0.629. The number of hydrogen-bond donors (Lipinski definition) is 3. The highest BCUT2D eigenvalue weighted by atomic mass is 16.5. The smallest absolute Gasteiger partial charge is 0.344 e. The van der Waals surface area contributed by atoms with Gasteiger partial charge in [-0.3, -0.25) is 4.79 Å².